The molecule has 0 atom stereocenters. The first-order valence-corrected chi connectivity index (χ1v) is 2.55. The summed E-state index contributed by atoms with van der Waals surface area (Å²) in [6, 6.07) is 0. The van der Waals surface area contributed by atoms with Crippen molar-refractivity contribution in [1.29, 1.82) is 5.26 Å². The third kappa shape index (κ3) is 1.58. The lowest BCUT2D eigenvalue weighted by molar-refractivity contribution is 0.329. The van der Waals surface area contributed by atoms with Gasteiger partial charge >= 0.3 is 0 Å². The van der Waals surface area contributed by atoms with Crippen LogP contribution in [0.4, 0.5) is 0 Å². The Balaban J connectivity index is 2.33. The van der Waals surface area contributed by atoms with Gasteiger partial charge < -0.3 is 0 Å². The maximum Gasteiger partial charge on any atom is 0.197 e. The van der Waals surface area contributed by atoms with Crippen molar-refractivity contribution in [3.63, 3.8) is 0 Å². The Morgan fingerprint density at radius 1 is 1.89 bits per heavy atom. The summed E-state index contributed by atoms with van der Waals surface area (Å²) in [5, 5.41) is 12.6. The van der Waals surface area contributed by atoms with Crippen LogP contribution >= 0.6 is 0 Å². The molecule has 0 saturated heterocycles. The molecule has 5 heteroatoms. The molecule has 0 aliphatic carbocycles. The minimum atomic E-state index is 0.622. The van der Waals surface area contributed by atoms with Gasteiger partial charge in [0.25, 0.3) is 0 Å². The first-order chi connectivity index (χ1) is 4.43. The van der Waals surface area contributed by atoms with Crippen molar-refractivity contribution < 1.29 is 0 Å². The van der Waals surface area contributed by atoms with Gasteiger partial charge in [0.05, 0.1) is 13.3 Å². The average molecular weight is 125 g/mol. The van der Waals surface area contributed by atoms with Gasteiger partial charge in [-0.25, -0.2) is 5.43 Å². The molecule has 0 amide bonds. The van der Waals surface area contributed by atoms with Crippen LogP contribution in [0.5, 0.6) is 0 Å². The van der Waals surface area contributed by atoms with E-state index in [0.29, 0.717) is 13.3 Å². The van der Waals surface area contributed by atoms with E-state index in [1.807, 2.05) is 0 Å². The van der Waals surface area contributed by atoms with Crippen LogP contribution in [0, 0.1) is 11.5 Å². The van der Waals surface area contributed by atoms with E-state index in [-0.39, 0.29) is 0 Å². The maximum atomic E-state index is 8.13. The Morgan fingerprint density at radius 3 is 3.33 bits per heavy atom. The zero-order valence-electron chi connectivity index (χ0n) is 4.83. The molecule has 0 bridgehead atoms. The van der Waals surface area contributed by atoms with Gasteiger partial charge in [0.15, 0.2) is 6.19 Å². The van der Waals surface area contributed by atoms with Gasteiger partial charge in [-0.3, -0.25) is 15.3 Å². The van der Waals surface area contributed by atoms with Crippen molar-refractivity contribution in [3.05, 3.63) is 0 Å². The zero-order valence-corrected chi connectivity index (χ0v) is 4.83. The molecule has 9 heavy (non-hydrogen) atoms. The van der Waals surface area contributed by atoms with Gasteiger partial charge in [0.2, 0.25) is 0 Å². The van der Waals surface area contributed by atoms with Crippen molar-refractivity contribution in [2.45, 2.75) is 0 Å². The lowest BCUT2D eigenvalue weighted by Crippen LogP contribution is -2.44. The average Bonchev–Trinajstić information content (AvgIpc) is 1.91. The van der Waals surface area contributed by atoms with E-state index in [1.54, 1.807) is 17.5 Å². The molecular formula is C4H7N5. The maximum absolute atomic E-state index is 8.13. The fourth-order valence-corrected chi connectivity index (χ4v) is 0.548. The summed E-state index contributed by atoms with van der Waals surface area (Å²) in [7, 11) is 0. The van der Waals surface area contributed by atoms with Crippen LogP contribution in [0.15, 0.2) is 4.99 Å². The molecule has 0 saturated carbocycles. The largest absolute Gasteiger partial charge is 0.279 e. The summed E-state index contributed by atoms with van der Waals surface area (Å²) < 4.78 is 0. The molecule has 0 aromatic carbocycles. The molecule has 1 heterocycles. The molecule has 0 radical (unpaired) electrons. The second-order valence-electron chi connectivity index (χ2n) is 1.56. The second-order valence-corrected chi connectivity index (χ2v) is 1.56. The highest BCUT2D eigenvalue weighted by Gasteiger charge is 1.98. The molecular weight excluding hydrogens is 118 g/mol. The topological polar surface area (TPSA) is 63.5 Å². The van der Waals surface area contributed by atoms with Crippen LogP contribution in [-0.2, 0) is 0 Å². The van der Waals surface area contributed by atoms with Crippen molar-refractivity contribution in [2.75, 3.05) is 13.3 Å². The molecule has 0 aromatic heterocycles. The summed E-state index contributed by atoms with van der Waals surface area (Å²) in [5.74, 6) is 0. The van der Waals surface area contributed by atoms with Gasteiger partial charge in [0.1, 0.15) is 6.34 Å². The Hall–Kier alpha value is -1.28. The predicted molar refractivity (Wildman–Crippen MR) is 31.9 cm³/mol. The first-order valence-electron chi connectivity index (χ1n) is 2.55. The van der Waals surface area contributed by atoms with Crippen LogP contribution < -0.4 is 10.7 Å². The van der Waals surface area contributed by atoms with Crippen LogP contribution in [-0.4, -0.2) is 24.7 Å². The van der Waals surface area contributed by atoms with E-state index >= 15 is 0 Å². The van der Waals surface area contributed by atoms with Crippen LogP contribution in [0.2, 0.25) is 0 Å². The second kappa shape index (κ2) is 2.89. The lowest BCUT2D eigenvalue weighted by atomic mass is 10.8. The van der Waals surface area contributed by atoms with E-state index in [1.165, 1.54) is 0 Å². The smallest absolute Gasteiger partial charge is 0.197 e. The highest BCUT2D eigenvalue weighted by Crippen LogP contribution is 1.78. The van der Waals surface area contributed by atoms with Crippen molar-refractivity contribution in [3.8, 4) is 6.19 Å². The summed E-state index contributed by atoms with van der Waals surface area (Å²) in [5.41, 5.74) is 2.41. The van der Waals surface area contributed by atoms with Gasteiger partial charge in [-0.15, -0.1) is 0 Å². The number of nitrogens with one attached hydrogen (secondary N) is 2. The lowest BCUT2D eigenvalue weighted by Gasteiger charge is -2.19. The summed E-state index contributed by atoms with van der Waals surface area (Å²) in [6.07, 6.45) is 3.37. The molecule has 0 fully saturated rings. The fraction of sp³-hybridized carbons (Fsp3) is 0.500. The zero-order chi connectivity index (χ0) is 6.53. The highest BCUT2D eigenvalue weighted by atomic mass is 15.5. The van der Waals surface area contributed by atoms with Crippen molar-refractivity contribution >= 4 is 6.34 Å². The monoisotopic (exact) mass is 125 g/mol. The molecule has 1 aliphatic heterocycles. The quantitative estimate of drug-likeness (QED) is 0.342. The Labute approximate surface area is 52.9 Å². The standard InChI is InChI=1S/C4H7N5/c5-1-8-9-3-6-2-7-4-9/h3,7-8H,2,4H2. The van der Waals surface area contributed by atoms with E-state index in [2.05, 4.69) is 15.7 Å². The number of hydrazine groups is 1. The number of nitriles is 1. The third-order valence-corrected chi connectivity index (χ3v) is 0.900. The highest BCUT2D eigenvalue weighted by molar-refractivity contribution is 5.54. The van der Waals surface area contributed by atoms with Gasteiger partial charge in [-0.2, -0.15) is 5.26 Å². The molecule has 0 unspecified atom stereocenters. The Bertz CT molecular complexity index is 146. The Kier molecular flexibility index (Phi) is 1.88. The van der Waals surface area contributed by atoms with Crippen LogP contribution in [0.3, 0.4) is 0 Å². The van der Waals surface area contributed by atoms with Crippen molar-refractivity contribution in [2.24, 2.45) is 4.99 Å². The van der Waals surface area contributed by atoms with Gasteiger partial charge in [-0.1, -0.05) is 0 Å². The van der Waals surface area contributed by atoms with E-state index < -0.39 is 0 Å². The number of aliphatic imine (C=N–C) groups is 1. The molecule has 5 nitrogen and oxygen atoms in total. The minimum Gasteiger partial charge on any atom is -0.279 e. The number of nitrogens with zero attached hydrogens (tertiary/aromatic N) is 3. The van der Waals surface area contributed by atoms with E-state index in [0.717, 1.165) is 0 Å². The Morgan fingerprint density at radius 2 is 2.78 bits per heavy atom. The SMILES string of the molecule is N#CNN1C=NCNC1. The third-order valence-electron chi connectivity index (χ3n) is 0.900. The summed E-state index contributed by atoms with van der Waals surface area (Å²) >= 11 is 0. The van der Waals surface area contributed by atoms with E-state index in [4.69, 9.17) is 5.26 Å². The number of rotatable bonds is 1. The molecule has 0 spiro atoms. The molecule has 0 aromatic rings. The predicted octanol–water partition coefficient (Wildman–Crippen LogP) is -1.18. The molecule has 1 aliphatic rings. The van der Waals surface area contributed by atoms with Crippen molar-refractivity contribution in [1.82, 2.24) is 15.8 Å². The fourth-order valence-electron chi connectivity index (χ4n) is 0.548. The number of hydrogen-bond acceptors (Lipinski definition) is 5. The first kappa shape index (κ1) is 5.85. The van der Waals surface area contributed by atoms with Gasteiger partial charge in [-0.05, 0) is 0 Å². The molecule has 2 N–H and O–H groups in total. The minimum absolute atomic E-state index is 0.622. The summed E-state index contributed by atoms with van der Waals surface area (Å²) in [4.78, 5) is 3.85. The molecule has 48 valence electrons. The van der Waals surface area contributed by atoms with Crippen LogP contribution in [0.25, 0.3) is 0 Å². The number of hydrogen-bond donors (Lipinski definition) is 2. The summed E-state index contributed by atoms with van der Waals surface area (Å²) in [6.45, 7) is 1.25. The molecule has 1 rings (SSSR count). The van der Waals surface area contributed by atoms with E-state index in [9.17, 15) is 0 Å². The normalized spacial score (nSPS) is 17.0. The van der Waals surface area contributed by atoms with Gasteiger partial charge in [0, 0.05) is 0 Å². The van der Waals surface area contributed by atoms with Crippen LogP contribution in [0.1, 0.15) is 0 Å².